The van der Waals surface area contributed by atoms with Gasteiger partial charge in [-0.3, -0.25) is 4.90 Å². The van der Waals surface area contributed by atoms with Crippen molar-refractivity contribution >= 4 is 37.1 Å². The van der Waals surface area contributed by atoms with Gasteiger partial charge >= 0.3 is 6.18 Å². The first-order valence-electron chi connectivity index (χ1n) is 15.6. The second-order valence-electron chi connectivity index (χ2n) is 13.6. The predicted octanol–water partition coefficient (Wildman–Crippen LogP) is 7.63. The van der Waals surface area contributed by atoms with Crippen LogP contribution < -0.4 is 9.62 Å². The lowest BCUT2D eigenvalue weighted by molar-refractivity contribution is -0.137. The molecule has 0 spiro atoms. The lowest BCUT2D eigenvalue weighted by Gasteiger charge is -2.52. The van der Waals surface area contributed by atoms with Crippen LogP contribution in [-0.2, 0) is 16.2 Å². The molecule has 2 aromatic carbocycles. The number of sulfonamides is 1. The maximum absolute atomic E-state index is 13.3. The molecule has 0 bridgehead atoms. The summed E-state index contributed by atoms with van der Waals surface area (Å²) in [6.45, 7) is 10.9. The van der Waals surface area contributed by atoms with Gasteiger partial charge in [0.2, 0.25) is 10.0 Å². The summed E-state index contributed by atoms with van der Waals surface area (Å²) < 4.78 is 82.0. The van der Waals surface area contributed by atoms with E-state index in [1.807, 2.05) is 5.38 Å². The molecule has 1 N–H and O–H groups in total. The van der Waals surface area contributed by atoms with Crippen molar-refractivity contribution in [2.24, 2.45) is 29.6 Å². The van der Waals surface area contributed by atoms with E-state index < -0.39 is 27.6 Å². The Morgan fingerprint density at radius 2 is 1.75 bits per heavy atom. The number of nitrogens with zero attached hydrogens (tertiary/aromatic N) is 2. The van der Waals surface area contributed by atoms with Gasteiger partial charge in [0.15, 0.2) is 0 Å². The Bertz CT molecular complexity index is 1580. The minimum Gasteiger partial charge on any atom is -0.368 e. The van der Waals surface area contributed by atoms with Crippen molar-refractivity contribution in [3.05, 3.63) is 59.2 Å². The highest BCUT2D eigenvalue weighted by Crippen LogP contribution is 2.55. The molecule has 3 aliphatic rings. The van der Waals surface area contributed by atoms with Crippen LogP contribution >= 0.6 is 11.3 Å². The summed E-state index contributed by atoms with van der Waals surface area (Å²) in [4.78, 5) is 5.02. The van der Waals surface area contributed by atoms with Crippen molar-refractivity contribution in [3.63, 3.8) is 0 Å². The zero-order chi connectivity index (χ0) is 31.4. The number of thiophene rings is 1. The number of rotatable bonds is 8. The largest absolute Gasteiger partial charge is 0.416 e. The smallest absolute Gasteiger partial charge is 0.368 e. The molecule has 6 rings (SSSR count). The molecule has 2 aliphatic carbocycles. The van der Waals surface area contributed by atoms with Gasteiger partial charge in [0.25, 0.3) is 0 Å². The molecule has 3 fully saturated rings. The topological polar surface area (TPSA) is 52.6 Å². The van der Waals surface area contributed by atoms with Gasteiger partial charge in [-0.2, -0.15) is 13.2 Å². The zero-order valence-corrected chi connectivity index (χ0v) is 27.0. The first-order valence-corrected chi connectivity index (χ1v) is 18.0. The van der Waals surface area contributed by atoms with Crippen LogP contribution in [0, 0.1) is 35.4 Å². The van der Waals surface area contributed by atoms with E-state index >= 15 is 0 Å². The summed E-state index contributed by atoms with van der Waals surface area (Å²) in [5.41, 5.74) is 0.473. The maximum atomic E-state index is 13.3. The van der Waals surface area contributed by atoms with Crippen LogP contribution in [0.15, 0.2) is 52.7 Å². The van der Waals surface area contributed by atoms with E-state index in [2.05, 4.69) is 35.3 Å². The monoisotopic (exact) mass is 651 g/mol. The quantitative estimate of drug-likeness (QED) is 0.255. The highest BCUT2D eigenvalue weighted by Gasteiger charge is 2.52. The number of hydrogen-bond donors (Lipinski definition) is 1. The molecule has 5 nitrogen and oxygen atoms in total. The van der Waals surface area contributed by atoms with E-state index in [-0.39, 0.29) is 10.4 Å². The normalized spacial score (nSPS) is 28.6. The molecule has 240 valence electrons. The highest BCUT2D eigenvalue weighted by molar-refractivity contribution is 7.89. The molecule has 1 aliphatic heterocycles. The summed E-state index contributed by atoms with van der Waals surface area (Å²) in [6, 6.07) is 8.98. The molecule has 3 aromatic rings. The molecule has 1 saturated heterocycles. The fourth-order valence-electron chi connectivity index (χ4n) is 7.90. The number of piperazine rings is 1. The first kappa shape index (κ1) is 31.8. The third-order valence-corrected chi connectivity index (χ3v) is 12.9. The summed E-state index contributed by atoms with van der Waals surface area (Å²) >= 11 is 1.37. The Morgan fingerprint density at radius 3 is 2.41 bits per heavy atom. The van der Waals surface area contributed by atoms with E-state index in [0.717, 1.165) is 62.9 Å². The molecule has 44 heavy (non-hydrogen) atoms. The van der Waals surface area contributed by atoms with Crippen molar-refractivity contribution in [1.82, 2.24) is 9.62 Å². The number of alkyl halides is 3. The van der Waals surface area contributed by atoms with E-state index in [1.165, 1.54) is 47.7 Å². The minimum absolute atomic E-state index is 0.0568. The van der Waals surface area contributed by atoms with Gasteiger partial charge in [-0.15, -0.1) is 11.3 Å². The van der Waals surface area contributed by atoms with E-state index in [4.69, 9.17) is 0 Å². The zero-order valence-electron chi connectivity index (χ0n) is 25.4. The molecule has 3 unspecified atom stereocenters. The highest BCUT2D eigenvalue weighted by atomic mass is 32.2. The average molecular weight is 652 g/mol. The standard InChI is InChI=1S/C33H41F4N3O2S2/c1-21(2)26-10-11-32(3,18-29(26)28-16-22(28)19-38-44(41,42)25-7-5-24(34)6-8-25)40-14-12-39(13-15-40)30-20-43-31-17-23(33(35,36)37)4-9-27(30)31/h4-9,17,20-22,26,28-29,38H,10-16,18-19H2,1-3H3/t22-,26?,28-,29?,32?/m0/s1. The Hall–Kier alpha value is -2.21. The fourth-order valence-corrected chi connectivity index (χ4v) is 10.0. The van der Waals surface area contributed by atoms with E-state index in [1.54, 1.807) is 6.07 Å². The molecule has 5 atom stereocenters. The third kappa shape index (κ3) is 6.39. The van der Waals surface area contributed by atoms with Crippen molar-refractivity contribution in [2.45, 2.75) is 63.1 Å². The minimum atomic E-state index is -4.34. The molecular formula is C33H41F4N3O2S2. The number of halogens is 4. The lowest BCUT2D eigenvalue weighted by atomic mass is 9.64. The van der Waals surface area contributed by atoms with Crippen molar-refractivity contribution < 1.29 is 26.0 Å². The van der Waals surface area contributed by atoms with Crippen molar-refractivity contribution in [3.8, 4) is 0 Å². The van der Waals surface area contributed by atoms with Gasteiger partial charge in [0.05, 0.1) is 16.1 Å². The first-order chi connectivity index (χ1) is 20.7. The average Bonchev–Trinajstić information content (AvgIpc) is 3.64. The van der Waals surface area contributed by atoms with Crippen LogP contribution in [0.5, 0.6) is 0 Å². The Labute approximate surface area is 261 Å². The Kier molecular flexibility index (Phi) is 8.56. The van der Waals surface area contributed by atoms with Gasteiger partial charge in [-0.05, 0) is 98.6 Å². The van der Waals surface area contributed by atoms with Gasteiger partial charge in [0, 0.05) is 53.7 Å². The summed E-state index contributed by atoms with van der Waals surface area (Å²) in [5, 5.41) is 2.87. The van der Waals surface area contributed by atoms with Crippen LogP contribution in [0.4, 0.5) is 23.2 Å². The number of anilines is 1. The summed E-state index contributed by atoms with van der Waals surface area (Å²) in [7, 11) is -3.68. The number of nitrogens with one attached hydrogen (secondary N) is 1. The molecular weight excluding hydrogens is 611 g/mol. The third-order valence-electron chi connectivity index (χ3n) is 10.6. The number of fused-ring (bicyclic) bond motifs is 1. The summed E-state index contributed by atoms with van der Waals surface area (Å²) in [5.74, 6) is 2.01. The van der Waals surface area contributed by atoms with Gasteiger partial charge in [-0.25, -0.2) is 17.5 Å². The van der Waals surface area contributed by atoms with E-state index in [0.29, 0.717) is 40.8 Å². The van der Waals surface area contributed by atoms with Crippen LogP contribution in [0.2, 0.25) is 0 Å². The van der Waals surface area contributed by atoms with E-state index in [9.17, 15) is 26.0 Å². The van der Waals surface area contributed by atoms with Crippen molar-refractivity contribution in [1.29, 1.82) is 0 Å². The second-order valence-corrected chi connectivity index (χ2v) is 16.3. The van der Waals surface area contributed by atoms with Crippen LogP contribution in [0.1, 0.15) is 52.0 Å². The molecule has 0 amide bonds. The molecule has 0 radical (unpaired) electrons. The SMILES string of the molecule is CC(C)C1CCC(C)(N2CCN(c3csc4cc(C(F)(F)F)ccc34)CC2)CC1[C@H]1C[C@H]1CNS(=O)(=O)c1ccc(F)cc1. The van der Waals surface area contributed by atoms with Crippen molar-refractivity contribution in [2.75, 3.05) is 37.6 Å². The van der Waals surface area contributed by atoms with Crippen LogP contribution in [-0.4, -0.2) is 51.6 Å². The van der Waals surface area contributed by atoms with Crippen LogP contribution in [0.3, 0.4) is 0 Å². The Morgan fingerprint density at radius 1 is 1.05 bits per heavy atom. The fraction of sp³-hybridized carbons (Fsp3) is 0.576. The van der Waals surface area contributed by atoms with Gasteiger partial charge in [-0.1, -0.05) is 19.9 Å². The molecule has 1 aromatic heterocycles. The number of hydrogen-bond acceptors (Lipinski definition) is 5. The van der Waals surface area contributed by atoms with Gasteiger partial charge in [0.1, 0.15) is 5.82 Å². The Balaban J connectivity index is 1.09. The van der Waals surface area contributed by atoms with Gasteiger partial charge < -0.3 is 4.90 Å². The number of benzene rings is 2. The molecule has 2 saturated carbocycles. The molecule has 2 heterocycles. The predicted molar refractivity (Wildman–Crippen MR) is 168 cm³/mol. The van der Waals surface area contributed by atoms with Crippen LogP contribution in [0.25, 0.3) is 10.1 Å². The maximum Gasteiger partial charge on any atom is 0.416 e. The second kappa shape index (κ2) is 11.9. The molecule has 11 heteroatoms. The summed E-state index contributed by atoms with van der Waals surface area (Å²) in [6.07, 6.45) is 0.0433. The lowest BCUT2D eigenvalue weighted by Crippen LogP contribution is -2.58.